The molecule has 8 heteroatoms. The van der Waals surface area contributed by atoms with E-state index in [-0.39, 0.29) is 29.5 Å². The summed E-state index contributed by atoms with van der Waals surface area (Å²) in [6, 6.07) is 7.96. The minimum Gasteiger partial charge on any atom is -0.456 e. The molecule has 1 N–H and O–H groups in total. The molecule has 132 valence electrons. The Bertz CT molecular complexity index is 804. The van der Waals surface area contributed by atoms with Crippen molar-refractivity contribution in [3.63, 3.8) is 0 Å². The second kappa shape index (κ2) is 8.99. The maximum atomic E-state index is 11.9. The summed E-state index contributed by atoms with van der Waals surface area (Å²) in [7, 11) is 0. The molecule has 0 aliphatic rings. The minimum atomic E-state index is -0.700. The van der Waals surface area contributed by atoms with Crippen molar-refractivity contribution < 1.29 is 19.1 Å². The van der Waals surface area contributed by atoms with Crippen molar-refractivity contribution in [1.82, 2.24) is 5.32 Å². The molecule has 2 rings (SSSR count). The number of hydrogen-bond acceptors (Lipinski definition) is 5. The van der Waals surface area contributed by atoms with Crippen molar-refractivity contribution in [3.05, 3.63) is 55.7 Å². The summed E-state index contributed by atoms with van der Waals surface area (Å²) in [6.07, 6.45) is 0.846. The molecule has 0 saturated heterocycles. The maximum Gasteiger partial charge on any atom is 0.325 e. The molecule has 0 aliphatic heterocycles. The van der Waals surface area contributed by atoms with Crippen LogP contribution in [0, 0.1) is 0 Å². The average Bonchev–Trinajstić information content (AvgIpc) is 3.09. The number of thiophene rings is 1. The van der Waals surface area contributed by atoms with Gasteiger partial charge in [0.2, 0.25) is 5.78 Å². The van der Waals surface area contributed by atoms with Crippen LogP contribution < -0.4 is 5.32 Å². The number of halogens is 2. The van der Waals surface area contributed by atoms with Gasteiger partial charge in [-0.1, -0.05) is 30.1 Å². The number of nitrogens with one attached hydrogen (secondary N) is 1. The Balaban J connectivity index is 1.79. The number of Topliss-reactive ketones (excluding diaryl/α,β-unsaturated/α-hetero) is 1. The summed E-state index contributed by atoms with van der Waals surface area (Å²) in [5.41, 5.74) is 0.268. The average molecular weight is 400 g/mol. The molecule has 0 fully saturated rings. The molecule has 0 spiro atoms. The summed E-state index contributed by atoms with van der Waals surface area (Å²) in [5, 5.41) is 2.97. The van der Waals surface area contributed by atoms with Gasteiger partial charge in [-0.3, -0.25) is 14.4 Å². The summed E-state index contributed by atoms with van der Waals surface area (Å²) in [4.78, 5) is 37.1. The molecule has 1 aromatic carbocycles. The van der Waals surface area contributed by atoms with Crippen molar-refractivity contribution >= 4 is 52.2 Å². The highest BCUT2D eigenvalue weighted by Gasteiger charge is 2.14. The fraction of sp³-hybridized carbons (Fsp3) is 0.235. The van der Waals surface area contributed by atoms with Crippen LogP contribution >= 0.6 is 34.5 Å². The topological polar surface area (TPSA) is 72.5 Å². The molecule has 25 heavy (non-hydrogen) atoms. The third kappa shape index (κ3) is 5.56. The minimum absolute atomic E-state index is 0.241. The molecule has 0 aliphatic carbocycles. The van der Waals surface area contributed by atoms with Gasteiger partial charge in [0.25, 0.3) is 5.91 Å². The Morgan fingerprint density at radius 2 is 1.88 bits per heavy atom. The van der Waals surface area contributed by atoms with Gasteiger partial charge in [0.15, 0.2) is 6.61 Å². The molecule has 1 heterocycles. The largest absolute Gasteiger partial charge is 0.456 e. The van der Waals surface area contributed by atoms with Crippen LogP contribution in [0.15, 0.2) is 30.3 Å². The number of esters is 1. The van der Waals surface area contributed by atoms with Crippen molar-refractivity contribution in [2.75, 3.05) is 13.2 Å². The highest BCUT2D eigenvalue weighted by Crippen LogP contribution is 2.22. The van der Waals surface area contributed by atoms with Crippen LogP contribution in [0.4, 0.5) is 0 Å². The van der Waals surface area contributed by atoms with Crippen LogP contribution in [0.1, 0.15) is 31.8 Å². The van der Waals surface area contributed by atoms with E-state index in [0.717, 1.165) is 11.3 Å². The van der Waals surface area contributed by atoms with Crippen molar-refractivity contribution in [3.8, 4) is 0 Å². The van der Waals surface area contributed by atoms with Crippen LogP contribution in [0.25, 0.3) is 0 Å². The van der Waals surface area contributed by atoms with Gasteiger partial charge >= 0.3 is 5.97 Å². The van der Waals surface area contributed by atoms with E-state index in [2.05, 4.69) is 5.32 Å². The first-order valence-electron chi connectivity index (χ1n) is 7.41. The van der Waals surface area contributed by atoms with E-state index in [0.29, 0.717) is 9.90 Å². The van der Waals surface area contributed by atoms with Crippen LogP contribution in [0.3, 0.4) is 0 Å². The molecule has 5 nitrogen and oxygen atoms in total. The Labute approximate surface area is 158 Å². The number of amides is 1. The van der Waals surface area contributed by atoms with Crippen molar-refractivity contribution in [1.29, 1.82) is 0 Å². The van der Waals surface area contributed by atoms with Gasteiger partial charge in [-0.2, -0.15) is 0 Å². The number of benzene rings is 1. The quantitative estimate of drug-likeness (QED) is 0.567. The Morgan fingerprint density at radius 1 is 1.12 bits per heavy atom. The van der Waals surface area contributed by atoms with E-state index in [1.165, 1.54) is 29.5 Å². The Kier molecular flexibility index (Phi) is 6.99. The number of hydrogen-bond donors (Lipinski definition) is 1. The maximum absolute atomic E-state index is 11.9. The lowest BCUT2D eigenvalue weighted by molar-refractivity contribution is -0.141. The fourth-order valence-corrected chi connectivity index (χ4v) is 3.05. The standard InChI is InChI=1S/C17H15Cl2NO4S/c1-2-11-4-6-15(25-11)14(21)9-24-16(22)8-20-17(23)10-3-5-12(18)13(19)7-10/h3-7H,2,8-9H2,1H3,(H,20,23). The second-order valence-electron chi connectivity index (χ2n) is 5.01. The lowest BCUT2D eigenvalue weighted by Crippen LogP contribution is -2.31. The van der Waals surface area contributed by atoms with E-state index in [4.69, 9.17) is 27.9 Å². The zero-order valence-electron chi connectivity index (χ0n) is 13.3. The van der Waals surface area contributed by atoms with Gasteiger partial charge < -0.3 is 10.1 Å². The van der Waals surface area contributed by atoms with Gasteiger partial charge in [0.1, 0.15) is 6.54 Å². The van der Waals surface area contributed by atoms with Crippen molar-refractivity contribution in [2.45, 2.75) is 13.3 Å². The van der Waals surface area contributed by atoms with Crippen LogP contribution in [0.5, 0.6) is 0 Å². The molecule has 1 aromatic heterocycles. The third-order valence-corrected chi connectivity index (χ3v) is 5.23. The number of carbonyl (C=O) groups excluding carboxylic acids is 3. The summed E-state index contributed by atoms with van der Waals surface area (Å²) in [5.74, 6) is -1.46. The van der Waals surface area contributed by atoms with E-state index in [9.17, 15) is 14.4 Å². The molecule has 0 bridgehead atoms. The first-order valence-corrected chi connectivity index (χ1v) is 8.98. The monoisotopic (exact) mass is 399 g/mol. The SMILES string of the molecule is CCc1ccc(C(=O)COC(=O)CNC(=O)c2ccc(Cl)c(Cl)c2)s1. The smallest absolute Gasteiger partial charge is 0.325 e. The first-order chi connectivity index (χ1) is 11.9. The molecule has 0 atom stereocenters. The zero-order chi connectivity index (χ0) is 18.4. The fourth-order valence-electron chi connectivity index (χ4n) is 1.88. The number of rotatable bonds is 7. The number of aryl methyl sites for hydroxylation is 1. The third-order valence-electron chi connectivity index (χ3n) is 3.22. The lowest BCUT2D eigenvalue weighted by atomic mass is 10.2. The molecule has 0 saturated carbocycles. The number of ketones is 1. The molecular weight excluding hydrogens is 385 g/mol. The molecule has 2 aromatic rings. The molecule has 1 amide bonds. The summed E-state index contributed by atoms with van der Waals surface area (Å²) in [6.45, 7) is 1.29. The van der Waals surface area contributed by atoms with Gasteiger partial charge in [-0.25, -0.2) is 0 Å². The van der Waals surface area contributed by atoms with E-state index >= 15 is 0 Å². The predicted molar refractivity (Wildman–Crippen MR) is 97.8 cm³/mol. The number of ether oxygens (including phenoxy) is 1. The molecule has 0 unspecified atom stereocenters. The van der Waals surface area contributed by atoms with Gasteiger partial charge in [-0.15, -0.1) is 11.3 Å². The van der Waals surface area contributed by atoms with E-state index < -0.39 is 11.9 Å². The summed E-state index contributed by atoms with van der Waals surface area (Å²) >= 11 is 13.0. The molecular formula is C17H15Cl2NO4S. The van der Waals surface area contributed by atoms with Gasteiger partial charge in [0.05, 0.1) is 14.9 Å². The number of carbonyl (C=O) groups is 3. The highest BCUT2D eigenvalue weighted by atomic mass is 35.5. The van der Waals surface area contributed by atoms with Crippen LogP contribution in [0.2, 0.25) is 10.0 Å². The lowest BCUT2D eigenvalue weighted by Gasteiger charge is -2.06. The first kappa shape index (κ1) is 19.4. The van der Waals surface area contributed by atoms with Crippen LogP contribution in [-0.2, 0) is 16.0 Å². The van der Waals surface area contributed by atoms with Gasteiger partial charge in [0, 0.05) is 10.4 Å². The highest BCUT2D eigenvalue weighted by molar-refractivity contribution is 7.14. The van der Waals surface area contributed by atoms with E-state index in [1.807, 2.05) is 13.0 Å². The Hall–Kier alpha value is -1.89. The van der Waals surface area contributed by atoms with Gasteiger partial charge in [-0.05, 0) is 36.8 Å². The zero-order valence-corrected chi connectivity index (χ0v) is 15.6. The van der Waals surface area contributed by atoms with E-state index in [1.54, 1.807) is 6.07 Å². The Morgan fingerprint density at radius 3 is 2.52 bits per heavy atom. The molecule has 0 radical (unpaired) electrons. The second-order valence-corrected chi connectivity index (χ2v) is 7.00. The summed E-state index contributed by atoms with van der Waals surface area (Å²) < 4.78 is 4.89. The van der Waals surface area contributed by atoms with Crippen molar-refractivity contribution in [2.24, 2.45) is 0 Å². The van der Waals surface area contributed by atoms with Crippen LogP contribution in [-0.4, -0.2) is 30.8 Å². The predicted octanol–water partition coefficient (Wildman–Crippen LogP) is 3.77. The normalized spacial score (nSPS) is 10.4.